The van der Waals surface area contributed by atoms with Crippen LogP contribution < -0.4 is 0 Å². The van der Waals surface area contributed by atoms with E-state index in [1.807, 2.05) is 42.5 Å². The average molecular weight is 334 g/mol. The number of pyridine rings is 1. The molecule has 118 valence electrons. The summed E-state index contributed by atoms with van der Waals surface area (Å²) in [5, 5.41) is 1.82. The van der Waals surface area contributed by atoms with Crippen LogP contribution in [0.3, 0.4) is 0 Å². The standard InChI is InChI=1S/C21H16ClNO/c22-19-6-3-14(4-7-19)17-11-18(13-20(24)12-17)15-5-8-21-16(10-15)2-1-9-23-21/h1-10,13,17H,11-12H2/t17-/m1/s1. The SMILES string of the molecule is O=C1C=C(c2ccc3ncccc3c2)C[C@@H](c2ccc(Cl)cc2)C1. The molecule has 1 aliphatic rings. The third-order valence-electron chi connectivity index (χ3n) is 4.56. The van der Waals surface area contributed by atoms with Crippen molar-refractivity contribution in [2.75, 3.05) is 0 Å². The van der Waals surface area contributed by atoms with Gasteiger partial charge in [0.2, 0.25) is 0 Å². The van der Waals surface area contributed by atoms with Crippen molar-refractivity contribution in [3.8, 4) is 0 Å². The second-order valence-corrected chi connectivity index (χ2v) is 6.64. The van der Waals surface area contributed by atoms with Gasteiger partial charge in [-0.25, -0.2) is 0 Å². The van der Waals surface area contributed by atoms with Crippen LogP contribution in [0.4, 0.5) is 0 Å². The minimum atomic E-state index is 0.183. The lowest BCUT2D eigenvalue weighted by molar-refractivity contribution is -0.115. The first kappa shape index (κ1) is 15.1. The Morgan fingerprint density at radius 2 is 1.83 bits per heavy atom. The number of carbonyl (C=O) groups is 1. The van der Waals surface area contributed by atoms with Crippen molar-refractivity contribution in [1.82, 2.24) is 4.98 Å². The van der Waals surface area contributed by atoms with Gasteiger partial charge in [0, 0.05) is 23.0 Å². The normalized spacial score (nSPS) is 17.8. The van der Waals surface area contributed by atoms with Crippen molar-refractivity contribution < 1.29 is 4.79 Å². The van der Waals surface area contributed by atoms with E-state index in [9.17, 15) is 4.79 Å². The van der Waals surface area contributed by atoms with Crippen molar-refractivity contribution in [3.05, 3.63) is 83.0 Å². The summed E-state index contributed by atoms with van der Waals surface area (Å²) in [4.78, 5) is 16.6. The van der Waals surface area contributed by atoms with Crippen LogP contribution in [0.15, 0.2) is 66.9 Å². The average Bonchev–Trinajstić information content (AvgIpc) is 2.61. The molecule has 0 unspecified atom stereocenters. The molecule has 2 nitrogen and oxygen atoms in total. The molecule has 1 heterocycles. The highest BCUT2D eigenvalue weighted by Gasteiger charge is 2.23. The number of ketones is 1. The van der Waals surface area contributed by atoms with E-state index in [4.69, 9.17) is 11.6 Å². The van der Waals surface area contributed by atoms with Crippen LogP contribution in [0.1, 0.15) is 29.9 Å². The maximum absolute atomic E-state index is 12.2. The van der Waals surface area contributed by atoms with Gasteiger partial charge in [-0.3, -0.25) is 9.78 Å². The summed E-state index contributed by atoms with van der Waals surface area (Å²) >= 11 is 5.98. The molecule has 4 rings (SSSR count). The molecule has 3 heteroatoms. The summed E-state index contributed by atoms with van der Waals surface area (Å²) in [6.07, 6.45) is 5.01. The van der Waals surface area contributed by atoms with Crippen molar-refractivity contribution in [3.63, 3.8) is 0 Å². The molecule has 2 aromatic carbocycles. The molecular weight excluding hydrogens is 318 g/mol. The summed E-state index contributed by atoms with van der Waals surface area (Å²) in [6, 6.07) is 18.0. The maximum Gasteiger partial charge on any atom is 0.156 e. The molecule has 1 aromatic heterocycles. The third kappa shape index (κ3) is 2.98. The van der Waals surface area contributed by atoms with Gasteiger partial charge in [-0.1, -0.05) is 35.9 Å². The number of benzene rings is 2. The van der Waals surface area contributed by atoms with Gasteiger partial charge in [-0.05, 0) is 65.4 Å². The molecule has 1 aliphatic carbocycles. The van der Waals surface area contributed by atoms with Crippen LogP contribution in [0.5, 0.6) is 0 Å². The topological polar surface area (TPSA) is 30.0 Å². The zero-order valence-electron chi connectivity index (χ0n) is 13.1. The van der Waals surface area contributed by atoms with E-state index >= 15 is 0 Å². The van der Waals surface area contributed by atoms with Crippen LogP contribution in [-0.2, 0) is 4.79 Å². The Morgan fingerprint density at radius 3 is 2.67 bits per heavy atom. The lowest BCUT2D eigenvalue weighted by Crippen LogP contribution is -2.12. The molecule has 0 spiro atoms. The fourth-order valence-electron chi connectivity index (χ4n) is 3.34. The summed E-state index contributed by atoms with van der Waals surface area (Å²) < 4.78 is 0. The predicted molar refractivity (Wildman–Crippen MR) is 98.2 cm³/mol. The molecule has 0 N–H and O–H groups in total. The van der Waals surface area contributed by atoms with Crippen molar-refractivity contribution in [2.45, 2.75) is 18.8 Å². The monoisotopic (exact) mass is 333 g/mol. The van der Waals surface area contributed by atoms with Gasteiger partial charge in [-0.15, -0.1) is 0 Å². The summed E-state index contributed by atoms with van der Waals surface area (Å²) in [5.74, 6) is 0.391. The van der Waals surface area contributed by atoms with E-state index in [0.29, 0.717) is 6.42 Å². The van der Waals surface area contributed by atoms with E-state index in [-0.39, 0.29) is 11.7 Å². The number of hydrogen-bond acceptors (Lipinski definition) is 2. The Kier molecular flexibility index (Phi) is 3.91. The van der Waals surface area contributed by atoms with E-state index in [1.165, 1.54) is 5.56 Å². The molecule has 0 bridgehead atoms. The van der Waals surface area contributed by atoms with E-state index in [0.717, 1.165) is 33.5 Å². The molecule has 1 atom stereocenters. The number of halogens is 1. The number of fused-ring (bicyclic) bond motifs is 1. The fraction of sp³-hybridized carbons (Fsp3) is 0.143. The molecule has 0 saturated carbocycles. The van der Waals surface area contributed by atoms with Gasteiger partial charge >= 0.3 is 0 Å². The van der Waals surface area contributed by atoms with Gasteiger partial charge < -0.3 is 0 Å². The molecule has 0 fully saturated rings. The van der Waals surface area contributed by atoms with Crippen molar-refractivity contribution >= 4 is 33.9 Å². The largest absolute Gasteiger partial charge is 0.295 e. The summed E-state index contributed by atoms with van der Waals surface area (Å²) in [6.45, 7) is 0. The highest BCUT2D eigenvalue weighted by Crippen LogP contribution is 2.36. The van der Waals surface area contributed by atoms with Crippen LogP contribution in [0, 0.1) is 0 Å². The summed E-state index contributed by atoms with van der Waals surface area (Å²) in [5.41, 5.74) is 4.33. The fourth-order valence-corrected chi connectivity index (χ4v) is 3.47. The Bertz CT molecular complexity index is 943. The van der Waals surface area contributed by atoms with E-state index in [2.05, 4.69) is 17.1 Å². The Labute approximate surface area is 145 Å². The van der Waals surface area contributed by atoms with Gasteiger partial charge in [0.05, 0.1) is 5.52 Å². The lowest BCUT2D eigenvalue weighted by atomic mass is 9.81. The molecule has 0 saturated heterocycles. The third-order valence-corrected chi connectivity index (χ3v) is 4.82. The zero-order chi connectivity index (χ0) is 16.5. The second-order valence-electron chi connectivity index (χ2n) is 6.20. The first-order valence-electron chi connectivity index (χ1n) is 8.03. The number of hydrogen-bond donors (Lipinski definition) is 0. The number of carbonyl (C=O) groups excluding carboxylic acids is 1. The molecule has 0 amide bonds. The maximum atomic E-state index is 12.2. The Morgan fingerprint density at radius 1 is 1.00 bits per heavy atom. The highest BCUT2D eigenvalue weighted by molar-refractivity contribution is 6.30. The minimum Gasteiger partial charge on any atom is -0.295 e. The number of aromatic nitrogens is 1. The number of nitrogens with zero attached hydrogens (tertiary/aromatic N) is 1. The minimum absolute atomic E-state index is 0.183. The Hall–Kier alpha value is -2.45. The van der Waals surface area contributed by atoms with Crippen LogP contribution in [0.25, 0.3) is 16.5 Å². The van der Waals surface area contributed by atoms with Crippen LogP contribution >= 0.6 is 11.6 Å². The Balaban J connectivity index is 1.68. The van der Waals surface area contributed by atoms with Gasteiger partial charge in [0.15, 0.2) is 5.78 Å². The number of rotatable bonds is 2. The van der Waals surface area contributed by atoms with Crippen molar-refractivity contribution in [2.24, 2.45) is 0 Å². The second kappa shape index (κ2) is 6.21. The van der Waals surface area contributed by atoms with Crippen LogP contribution in [0.2, 0.25) is 5.02 Å². The van der Waals surface area contributed by atoms with Gasteiger partial charge in [0.1, 0.15) is 0 Å². The lowest BCUT2D eigenvalue weighted by Gasteiger charge is -2.23. The molecule has 3 aromatic rings. The van der Waals surface area contributed by atoms with Gasteiger partial charge in [0.25, 0.3) is 0 Å². The number of allylic oxidation sites excluding steroid dienone is 2. The quantitative estimate of drug-likeness (QED) is 0.627. The van der Waals surface area contributed by atoms with Crippen LogP contribution in [-0.4, -0.2) is 10.8 Å². The molecule has 24 heavy (non-hydrogen) atoms. The first-order valence-corrected chi connectivity index (χ1v) is 8.41. The molecular formula is C21H16ClNO. The zero-order valence-corrected chi connectivity index (χ0v) is 13.8. The molecule has 0 aliphatic heterocycles. The van der Waals surface area contributed by atoms with Gasteiger partial charge in [-0.2, -0.15) is 0 Å². The first-order chi connectivity index (χ1) is 11.7. The predicted octanol–water partition coefficient (Wildman–Crippen LogP) is 5.42. The van der Waals surface area contributed by atoms with E-state index < -0.39 is 0 Å². The highest BCUT2D eigenvalue weighted by atomic mass is 35.5. The summed E-state index contributed by atoms with van der Waals surface area (Å²) in [7, 11) is 0. The van der Waals surface area contributed by atoms with Crippen molar-refractivity contribution in [1.29, 1.82) is 0 Å². The smallest absolute Gasteiger partial charge is 0.156 e. The van der Waals surface area contributed by atoms with E-state index in [1.54, 1.807) is 12.3 Å². The molecule has 0 radical (unpaired) electrons.